The van der Waals surface area contributed by atoms with E-state index in [2.05, 4.69) is 51.2 Å². The molecule has 116 valence electrons. The van der Waals surface area contributed by atoms with E-state index < -0.39 is 0 Å². The molecule has 0 atom stereocenters. The Morgan fingerprint density at radius 3 is 2.32 bits per heavy atom. The van der Waals surface area contributed by atoms with Crippen molar-refractivity contribution in [3.8, 4) is 5.75 Å². The minimum atomic E-state index is 0.00285. The minimum absolute atomic E-state index is 0.00285. The summed E-state index contributed by atoms with van der Waals surface area (Å²) >= 11 is 5.37. The van der Waals surface area contributed by atoms with E-state index in [9.17, 15) is 0 Å². The van der Waals surface area contributed by atoms with E-state index in [1.165, 1.54) is 11.1 Å². The van der Waals surface area contributed by atoms with Crippen molar-refractivity contribution in [2.24, 2.45) is 0 Å². The van der Waals surface area contributed by atoms with Gasteiger partial charge in [-0.25, -0.2) is 0 Å². The highest BCUT2D eigenvalue weighted by Crippen LogP contribution is 2.34. The molecule has 0 aromatic heterocycles. The normalized spacial score (nSPS) is 11.1. The fourth-order valence-electron chi connectivity index (χ4n) is 2.33. The standard InChI is InChI=1S/C19H23NOS/c1-5-14-10-9-13-16(19(2,3)4)17(14)21-18(22)20-15-11-7-6-8-12-15/h6-13H,5H2,1-4H3,(H,20,22). The molecule has 0 spiro atoms. The highest BCUT2D eigenvalue weighted by molar-refractivity contribution is 7.80. The molecule has 2 rings (SSSR count). The number of hydrogen-bond donors (Lipinski definition) is 1. The zero-order valence-electron chi connectivity index (χ0n) is 13.6. The Morgan fingerprint density at radius 1 is 1.05 bits per heavy atom. The molecule has 0 aliphatic rings. The molecule has 2 aromatic carbocycles. The molecule has 0 saturated carbocycles. The van der Waals surface area contributed by atoms with Crippen molar-refractivity contribution in [2.45, 2.75) is 39.5 Å². The monoisotopic (exact) mass is 313 g/mol. The summed E-state index contributed by atoms with van der Waals surface area (Å²) in [5.74, 6) is 0.880. The van der Waals surface area contributed by atoms with Gasteiger partial charge in [0.25, 0.3) is 5.17 Å². The SMILES string of the molecule is CCc1cccc(C(C)(C)C)c1OC(=S)Nc1ccccc1. The van der Waals surface area contributed by atoms with Crippen LogP contribution in [-0.2, 0) is 11.8 Å². The van der Waals surface area contributed by atoms with Crippen LogP contribution < -0.4 is 10.1 Å². The number of rotatable bonds is 3. The van der Waals surface area contributed by atoms with Gasteiger partial charge in [-0.05, 0) is 41.7 Å². The summed E-state index contributed by atoms with van der Waals surface area (Å²) in [6.07, 6.45) is 0.910. The first-order valence-electron chi connectivity index (χ1n) is 7.58. The molecule has 2 aromatic rings. The number of nitrogens with one attached hydrogen (secondary N) is 1. The first-order valence-corrected chi connectivity index (χ1v) is 7.99. The first kappa shape index (κ1) is 16.5. The summed E-state index contributed by atoms with van der Waals surface area (Å²) in [7, 11) is 0. The average molecular weight is 313 g/mol. The van der Waals surface area contributed by atoms with Crippen molar-refractivity contribution in [1.82, 2.24) is 0 Å². The second kappa shape index (κ2) is 6.93. The van der Waals surface area contributed by atoms with E-state index >= 15 is 0 Å². The molecule has 3 heteroatoms. The minimum Gasteiger partial charge on any atom is -0.431 e. The summed E-state index contributed by atoms with van der Waals surface area (Å²) < 4.78 is 6.02. The molecule has 2 nitrogen and oxygen atoms in total. The zero-order chi connectivity index (χ0) is 16.2. The lowest BCUT2D eigenvalue weighted by Crippen LogP contribution is -2.21. The van der Waals surface area contributed by atoms with Crippen LogP contribution in [0.4, 0.5) is 5.69 Å². The Hall–Kier alpha value is -1.87. The lowest BCUT2D eigenvalue weighted by atomic mass is 9.85. The van der Waals surface area contributed by atoms with Crippen molar-refractivity contribution >= 4 is 23.1 Å². The summed E-state index contributed by atoms with van der Waals surface area (Å²) in [6, 6.07) is 16.1. The van der Waals surface area contributed by atoms with Crippen molar-refractivity contribution in [2.75, 3.05) is 5.32 Å². The van der Waals surface area contributed by atoms with Crippen LogP contribution in [0.1, 0.15) is 38.8 Å². The Labute approximate surface area is 138 Å². The zero-order valence-corrected chi connectivity index (χ0v) is 14.5. The van der Waals surface area contributed by atoms with Crippen LogP contribution in [0.5, 0.6) is 5.75 Å². The van der Waals surface area contributed by atoms with Crippen LogP contribution in [0.3, 0.4) is 0 Å². The molecule has 0 bridgehead atoms. The predicted octanol–water partition coefficient (Wildman–Crippen LogP) is 5.32. The Bertz CT molecular complexity index is 644. The van der Waals surface area contributed by atoms with Gasteiger partial charge in [0.05, 0.1) is 0 Å². The van der Waals surface area contributed by atoms with E-state index in [-0.39, 0.29) is 5.41 Å². The second-order valence-corrected chi connectivity index (χ2v) is 6.65. The number of anilines is 1. The fraction of sp³-hybridized carbons (Fsp3) is 0.316. The van der Waals surface area contributed by atoms with E-state index in [0.29, 0.717) is 5.17 Å². The van der Waals surface area contributed by atoms with Gasteiger partial charge >= 0.3 is 0 Å². The van der Waals surface area contributed by atoms with Crippen molar-refractivity contribution in [3.63, 3.8) is 0 Å². The lowest BCUT2D eigenvalue weighted by Gasteiger charge is -2.24. The van der Waals surface area contributed by atoms with Gasteiger partial charge in [0.2, 0.25) is 0 Å². The van der Waals surface area contributed by atoms with Gasteiger partial charge in [-0.2, -0.15) is 0 Å². The van der Waals surface area contributed by atoms with Crippen LogP contribution in [0.25, 0.3) is 0 Å². The molecule has 22 heavy (non-hydrogen) atoms. The largest absolute Gasteiger partial charge is 0.431 e. The number of ether oxygens (including phenoxy) is 1. The Morgan fingerprint density at radius 2 is 1.73 bits per heavy atom. The van der Waals surface area contributed by atoms with Gasteiger partial charge in [0, 0.05) is 11.3 Å². The molecule has 1 N–H and O–H groups in total. The summed E-state index contributed by atoms with van der Waals surface area (Å²) in [5.41, 5.74) is 3.27. The summed E-state index contributed by atoms with van der Waals surface area (Å²) in [4.78, 5) is 0. The molecule has 0 radical (unpaired) electrons. The number of aryl methyl sites for hydroxylation is 1. The number of hydrogen-bond acceptors (Lipinski definition) is 2. The van der Waals surface area contributed by atoms with Crippen LogP contribution in [-0.4, -0.2) is 5.17 Å². The topological polar surface area (TPSA) is 21.3 Å². The number of para-hydroxylation sites is 2. The average Bonchev–Trinajstić information content (AvgIpc) is 2.47. The third-order valence-corrected chi connectivity index (χ3v) is 3.69. The maximum absolute atomic E-state index is 6.02. The van der Waals surface area contributed by atoms with Crippen LogP contribution in [0, 0.1) is 0 Å². The van der Waals surface area contributed by atoms with Gasteiger partial charge in [0.1, 0.15) is 5.75 Å². The predicted molar refractivity (Wildman–Crippen MR) is 97.8 cm³/mol. The van der Waals surface area contributed by atoms with Crippen molar-refractivity contribution < 1.29 is 4.74 Å². The quantitative estimate of drug-likeness (QED) is 0.775. The maximum Gasteiger partial charge on any atom is 0.266 e. The van der Waals surface area contributed by atoms with Gasteiger partial charge in [-0.1, -0.05) is 64.1 Å². The maximum atomic E-state index is 6.02. The Balaban J connectivity index is 2.26. The van der Waals surface area contributed by atoms with E-state index in [1.807, 2.05) is 30.3 Å². The van der Waals surface area contributed by atoms with E-state index in [4.69, 9.17) is 17.0 Å². The molecule has 0 fully saturated rings. The van der Waals surface area contributed by atoms with Crippen LogP contribution in [0.2, 0.25) is 0 Å². The van der Waals surface area contributed by atoms with Gasteiger partial charge < -0.3 is 10.1 Å². The number of benzene rings is 2. The smallest absolute Gasteiger partial charge is 0.266 e. The highest BCUT2D eigenvalue weighted by Gasteiger charge is 2.21. The molecule has 0 aliphatic carbocycles. The number of thiocarbonyl (C=S) groups is 1. The molecular formula is C19H23NOS. The van der Waals surface area contributed by atoms with E-state index in [1.54, 1.807) is 0 Å². The molecule has 0 heterocycles. The highest BCUT2D eigenvalue weighted by atomic mass is 32.1. The fourth-order valence-corrected chi connectivity index (χ4v) is 2.53. The van der Waals surface area contributed by atoms with Crippen LogP contribution >= 0.6 is 12.2 Å². The van der Waals surface area contributed by atoms with Gasteiger partial charge in [0.15, 0.2) is 0 Å². The van der Waals surface area contributed by atoms with Crippen molar-refractivity contribution in [1.29, 1.82) is 0 Å². The van der Waals surface area contributed by atoms with Crippen LogP contribution in [0.15, 0.2) is 48.5 Å². The van der Waals surface area contributed by atoms with Gasteiger partial charge in [-0.15, -0.1) is 0 Å². The molecule has 0 aliphatic heterocycles. The summed E-state index contributed by atoms with van der Waals surface area (Å²) in [6.45, 7) is 8.68. The summed E-state index contributed by atoms with van der Waals surface area (Å²) in [5, 5.41) is 3.50. The molecular weight excluding hydrogens is 290 g/mol. The Kier molecular flexibility index (Phi) is 5.19. The molecule has 0 amide bonds. The second-order valence-electron chi connectivity index (χ2n) is 6.28. The third-order valence-electron chi connectivity index (χ3n) is 3.50. The first-order chi connectivity index (χ1) is 10.4. The lowest BCUT2D eigenvalue weighted by molar-refractivity contribution is 0.505. The molecule has 0 unspecified atom stereocenters. The van der Waals surface area contributed by atoms with Crippen molar-refractivity contribution in [3.05, 3.63) is 59.7 Å². The van der Waals surface area contributed by atoms with E-state index in [0.717, 1.165) is 17.9 Å². The molecule has 0 saturated heterocycles. The third kappa shape index (κ3) is 4.08. The van der Waals surface area contributed by atoms with Gasteiger partial charge in [-0.3, -0.25) is 0 Å².